The van der Waals surface area contributed by atoms with Gasteiger partial charge in [0.25, 0.3) is 0 Å². The molecule has 1 fully saturated rings. The van der Waals surface area contributed by atoms with Gasteiger partial charge in [-0.05, 0) is 72.9 Å². The number of esters is 1. The Morgan fingerprint density at radius 1 is 1.09 bits per heavy atom. The maximum atomic E-state index is 13.6. The Labute approximate surface area is 197 Å². The lowest BCUT2D eigenvalue weighted by Gasteiger charge is -2.38. The smallest absolute Gasteiger partial charge is 0.407 e. The van der Waals surface area contributed by atoms with Gasteiger partial charge in [-0.1, -0.05) is 30.3 Å². The van der Waals surface area contributed by atoms with Gasteiger partial charge in [0.05, 0.1) is 13.2 Å². The lowest BCUT2D eigenvalue weighted by Crippen LogP contribution is -2.63. The Morgan fingerprint density at radius 2 is 1.73 bits per heavy atom. The molecule has 8 nitrogen and oxygen atoms in total. The van der Waals surface area contributed by atoms with Gasteiger partial charge < -0.3 is 20.1 Å². The van der Waals surface area contributed by atoms with Gasteiger partial charge >= 0.3 is 12.1 Å². The summed E-state index contributed by atoms with van der Waals surface area (Å²) in [4.78, 5) is 40.8. The number of nitrogens with one attached hydrogen (secondary N) is 2. The van der Waals surface area contributed by atoms with Gasteiger partial charge in [0.15, 0.2) is 0 Å². The largest absolute Gasteiger partial charge is 0.468 e. The average Bonchev–Trinajstić information content (AvgIpc) is 3.14. The number of amides is 2. The minimum Gasteiger partial charge on any atom is -0.468 e. The zero-order valence-corrected chi connectivity index (χ0v) is 20.9. The molecular weight excluding hydrogens is 422 g/mol. The lowest BCUT2D eigenvalue weighted by atomic mass is 9.95. The quantitative estimate of drug-likeness (QED) is 0.606. The topological polar surface area (TPSA) is 97.0 Å². The van der Waals surface area contributed by atoms with Gasteiger partial charge in [-0.3, -0.25) is 14.5 Å². The van der Waals surface area contributed by atoms with Crippen LogP contribution < -0.4 is 10.6 Å². The fourth-order valence-electron chi connectivity index (χ4n) is 4.09. The van der Waals surface area contributed by atoms with Crippen LogP contribution in [-0.4, -0.2) is 65.8 Å². The van der Waals surface area contributed by atoms with Crippen LogP contribution in [0.1, 0.15) is 59.9 Å². The van der Waals surface area contributed by atoms with E-state index in [1.54, 1.807) is 20.8 Å². The van der Waals surface area contributed by atoms with Crippen LogP contribution in [0.25, 0.3) is 0 Å². The first-order valence-electron chi connectivity index (χ1n) is 11.5. The van der Waals surface area contributed by atoms with Crippen molar-refractivity contribution in [2.75, 3.05) is 13.7 Å². The standard InChI is InChI=1S/C25H39N3O5/c1-24(2,3)27-21(29)20(28-15-11-14-19(28)22(30)32-7)18(16-17-12-9-8-10-13-17)26-23(31)33-25(4,5)6/h8-10,12-13,18-20H,11,14-16H2,1-7H3,(H,26,31)(H,27,29)/t18-,19-,20?/m0/s1. The van der Waals surface area contributed by atoms with Crippen molar-refractivity contribution in [3.05, 3.63) is 35.9 Å². The summed E-state index contributed by atoms with van der Waals surface area (Å²) in [5, 5.41) is 5.96. The fourth-order valence-corrected chi connectivity index (χ4v) is 4.09. The zero-order valence-electron chi connectivity index (χ0n) is 20.9. The van der Waals surface area contributed by atoms with Crippen molar-refractivity contribution in [1.29, 1.82) is 0 Å². The number of benzene rings is 1. The van der Waals surface area contributed by atoms with E-state index >= 15 is 0 Å². The Kier molecular flexibility index (Phi) is 8.89. The highest BCUT2D eigenvalue weighted by Gasteiger charge is 2.44. The molecule has 0 aromatic heterocycles. The van der Waals surface area contributed by atoms with E-state index in [2.05, 4.69) is 10.6 Å². The van der Waals surface area contributed by atoms with Crippen molar-refractivity contribution in [3.63, 3.8) is 0 Å². The van der Waals surface area contributed by atoms with Gasteiger partial charge in [0.2, 0.25) is 5.91 Å². The van der Waals surface area contributed by atoms with Crippen molar-refractivity contribution in [3.8, 4) is 0 Å². The predicted octanol–water partition coefficient (Wildman–Crippen LogP) is 3.04. The van der Waals surface area contributed by atoms with Crippen LogP contribution in [0.3, 0.4) is 0 Å². The van der Waals surface area contributed by atoms with Gasteiger partial charge in [0.1, 0.15) is 17.7 Å². The van der Waals surface area contributed by atoms with E-state index in [1.165, 1.54) is 7.11 Å². The molecule has 184 valence electrons. The first kappa shape index (κ1) is 26.6. The highest BCUT2D eigenvalue weighted by Crippen LogP contribution is 2.25. The van der Waals surface area contributed by atoms with Crippen molar-refractivity contribution in [2.45, 2.75) is 90.1 Å². The number of methoxy groups -OCH3 is 1. The third-order valence-corrected chi connectivity index (χ3v) is 5.27. The van der Waals surface area contributed by atoms with E-state index in [4.69, 9.17) is 9.47 Å². The molecule has 1 aliphatic heterocycles. The number of hydrogen-bond donors (Lipinski definition) is 2. The molecule has 1 heterocycles. The van der Waals surface area contributed by atoms with Crippen molar-refractivity contribution in [2.24, 2.45) is 0 Å². The zero-order chi connectivity index (χ0) is 24.8. The van der Waals surface area contributed by atoms with E-state index < -0.39 is 35.4 Å². The van der Waals surface area contributed by atoms with Crippen LogP contribution in [0.5, 0.6) is 0 Å². The second-order valence-corrected chi connectivity index (χ2v) is 10.5. The summed E-state index contributed by atoms with van der Waals surface area (Å²) in [5.41, 5.74) is -0.216. The molecule has 2 N–H and O–H groups in total. The van der Waals surface area contributed by atoms with Gasteiger partial charge in [-0.15, -0.1) is 0 Å². The van der Waals surface area contributed by atoms with Crippen LogP contribution in [0.2, 0.25) is 0 Å². The van der Waals surface area contributed by atoms with Crippen LogP contribution >= 0.6 is 0 Å². The molecule has 2 amide bonds. The molecular formula is C25H39N3O5. The van der Waals surface area contributed by atoms with Crippen LogP contribution in [0, 0.1) is 0 Å². The number of hydrogen-bond acceptors (Lipinski definition) is 6. The van der Waals surface area contributed by atoms with Crippen LogP contribution in [0.4, 0.5) is 4.79 Å². The second kappa shape index (κ2) is 11.0. The molecule has 0 spiro atoms. The van der Waals surface area contributed by atoms with Crippen molar-refractivity contribution in [1.82, 2.24) is 15.5 Å². The normalized spacial score (nSPS) is 18.8. The van der Waals surface area contributed by atoms with E-state index in [1.807, 2.05) is 56.0 Å². The van der Waals surface area contributed by atoms with E-state index in [-0.39, 0.29) is 11.9 Å². The van der Waals surface area contributed by atoms with Gasteiger partial charge in [0, 0.05) is 5.54 Å². The maximum Gasteiger partial charge on any atom is 0.407 e. The highest BCUT2D eigenvalue weighted by molar-refractivity contribution is 5.85. The molecule has 1 aliphatic rings. The molecule has 33 heavy (non-hydrogen) atoms. The summed E-state index contributed by atoms with van der Waals surface area (Å²) in [6, 6.07) is 7.67. The summed E-state index contributed by atoms with van der Waals surface area (Å²) in [6.45, 7) is 11.6. The lowest BCUT2D eigenvalue weighted by molar-refractivity contribution is -0.148. The minimum absolute atomic E-state index is 0.254. The number of carbonyl (C=O) groups is 3. The highest BCUT2D eigenvalue weighted by atomic mass is 16.6. The molecule has 1 unspecified atom stereocenters. The number of nitrogens with zero attached hydrogens (tertiary/aromatic N) is 1. The first-order chi connectivity index (χ1) is 15.3. The number of carbonyl (C=O) groups excluding carboxylic acids is 3. The number of alkyl carbamates (subject to hydrolysis) is 1. The summed E-state index contributed by atoms with van der Waals surface area (Å²) >= 11 is 0. The predicted molar refractivity (Wildman–Crippen MR) is 127 cm³/mol. The Balaban J connectivity index is 2.46. The molecule has 0 radical (unpaired) electrons. The third-order valence-electron chi connectivity index (χ3n) is 5.27. The average molecular weight is 462 g/mol. The molecule has 3 atom stereocenters. The minimum atomic E-state index is -0.788. The molecule has 1 saturated heterocycles. The molecule has 0 bridgehead atoms. The van der Waals surface area contributed by atoms with E-state index in [9.17, 15) is 14.4 Å². The number of likely N-dealkylation sites (tertiary alicyclic amines) is 1. The molecule has 0 aliphatic carbocycles. The number of rotatable bonds is 7. The number of ether oxygens (including phenoxy) is 2. The third kappa shape index (κ3) is 8.35. The fraction of sp³-hybridized carbons (Fsp3) is 0.640. The summed E-state index contributed by atoms with van der Waals surface area (Å²) < 4.78 is 10.5. The summed E-state index contributed by atoms with van der Waals surface area (Å²) in [5.74, 6) is -0.632. The molecule has 0 saturated carbocycles. The van der Waals surface area contributed by atoms with Crippen molar-refractivity contribution < 1.29 is 23.9 Å². The molecule has 8 heteroatoms. The monoisotopic (exact) mass is 461 g/mol. The Morgan fingerprint density at radius 3 is 2.27 bits per heavy atom. The Hall–Kier alpha value is -2.61. The summed E-state index contributed by atoms with van der Waals surface area (Å²) in [6.07, 6.45) is 1.14. The van der Waals surface area contributed by atoms with Crippen LogP contribution in [-0.2, 0) is 25.5 Å². The molecule has 1 aromatic carbocycles. The van der Waals surface area contributed by atoms with E-state index in [0.717, 1.165) is 12.0 Å². The molecule has 1 aromatic rings. The second-order valence-electron chi connectivity index (χ2n) is 10.5. The first-order valence-corrected chi connectivity index (χ1v) is 11.5. The van der Waals surface area contributed by atoms with E-state index in [0.29, 0.717) is 19.4 Å². The van der Waals surface area contributed by atoms with Gasteiger partial charge in [-0.2, -0.15) is 0 Å². The van der Waals surface area contributed by atoms with Gasteiger partial charge in [-0.25, -0.2) is 4.79 Å². The Bertz CT molecular complexity index is 814. The maximum absolute atomic E-state index is 13.6. The summed E-state index contributed by atoms with van der Waals surface area (Å²) in [7, 11) is 1.35. The SMILES string of the molecule is COC(=O)[C@@H]1CCCN1C(C(=O)NC(C)(C)C)[C@H](Cc1ccccc1)NC(=O)OC(C)(C)C. The van der Waals surface area contributed by atoms with Crippen LogP contribution in [0.15, 0.2) is 30.3 Å². The van der Waals surface area contributed by atoms with Crippen molar-refractivity contribution >= 4 is 18.0 Å². The molecule has 2 rings (SSSR count).